The molecule has 0 atom stereocenters. The van der Waals surface area contributed by atoms with Gasteiger partial charge in [-0.2, -0.15) is 0 Å². The van der Waals surface area contributed by atoms with Crippen LogP contribution in [0.5, 0.6) is 0 Å². The maximum atomic E-state index is 11.0. The van der Waals surface area contributed by atoms with Crippen LogP contribution in [0.2, 0.25) is 0 Å². The van der Waals surface area contributed by atoms with Gasteiger partial charge >= 0.3 is 6.16 Å². The van der Waals surface area contributed by atoms with Crippen LogP contribution in [0.1, 0.15) is 55.6 Å². The fourth-order valence-corrected chi connectivity index (χ4v) is 2.97. The van der Waals surface area contributed by atoms with E-state index >= 15 is 0 Å². The minimum absolute atomic E-state index is 0.375. The maximum Gasteiger partial charge on any atom is 0.513 e. The van der Waals surface area contributed by atoms with Crippen molar-refractivity contribution in [3.05, 3.63) is 48.2 Å². The Balaban J connectivity index is 1.78. The molecule has 0 N–H and O–H groups in total. The summed E-state index contributed by atoms with van der Waals surface area (Å²) in [7, 11) is 0. The van der Waals surface area contributed by atoms with Gasteiger partial charge in [-0.3, -0.25) is 0 Å². The molecule has 0 heterocycles. The Morgan fingerprint density at radius 1 is 1.29 bits per heavy atom. The SMILES string of the molecule is C=COC(=O)OCCCc1cccc(C2CCCCC2)c1. The van der Waals surface area contributed by atoms with E-state index in [2.05, 4.69) is 35.6 Å². The summed E-state index contributed by atoms with van der Waals surface area (Å²) in [4.78, 5) is 11.0. The molecule has 3 nitrogen and oxygen atoms in total. The van der Waals surface area contributed by atoms with Crippen LogP contribution < -0.4 is 0 Å². The highest BCUT2D eigenvalue weighted by Crippen LogP contribution is 2.32. The van der Waals surface area contributed by atoms with Gasteiger partial charge in [-0.1, -0.05) is 50.1 Å². The van der Waals surface area contributed by atoms with Gasteiger partial charge in [0, 0.05) is 0 Å². The number of aryl methyl sites for hydroxylation is 1. The van der Waals surface area contributed by atoms with Crippen molar-refractivity contribution < 1.29 is 14.3 Å². The Hall–Kier alpha value is -1.77. The van der Waals surface area contributed by atoms with Crippen LogP contribution in [0.25, 0.3) is 0 Å². The first-order chi connectivity index (χ1) is 10.3. The molecule has 114 valence electrons. The maximum absolute atomic E-state index is 11.0. The topological polar surface area (TPSA) is 35.5 Å². The van der Waals surface area contributed by atoms with E-state index in [1.807, 2.05) is 0 Å². The van der Waals surface area contributed by atoms with Crippen molar-refractivity contribution in [3.8, 4) is 0 Å². The predicted octanol–water partition coefficient (Wildman–Crippen LogP) is 4.96. The molecule has 0 aliphatic heterocycles. The molecule has 0 unspecified atom stereocenters. The number of rotatable bonds is 6. The zero-order valence-corrected chi connectivity index (χ0v) is 12.6. The first-order valence-electron chi connectivity index (χ1n) is 7.83. The molecular formula is C18H24O3. The van der Waals surface area contributed by atoms with E-state index in [-0.39, 0.29) is 0 Å². The lowest BCUT2D eigenvalue weighted by atomic mass is 9.83. The van der Waals surface area contributed by atoms with E-state index in [1.54, 1.807) is 0 Å². The number of carbonyl (C=O) groups excluding carboxylic acids is 1. The molecular weight excluding hydrogens is 264 g/mol. The van der Waals surface area contributed by atoms with Crippen LogP contribution in [0.3, 0.4) is 0 Å². The highest BCUT2D eigenvalue weighted by atomic mass is 16.7. The highest BCUT2D eigenvalue weighted by Gasteiger charge is 2.15. The summed E-state index contributed by atoms with van der Waals surface area (Å²) < 4.78 is 9.41. The number of hydrogen-bond donors (Lipinski definition) is 0. The number of carbonyl (C=O) groups is 1. The van der Waals surface area contributed by atoms with E-state index in [0.29, 0.717) is 6.61 Å². The molecule has 21 heavy (non-hydrogen) atoms. The number of hydrogen-bond acceptors (Lipinski definition) is 3. The van der Waals surface area contributed by atoms with Crippen molar-refractivity contribution in [3.63, 3.8) is 0 Å². The van der Waals surface area contributed by atoms with E-state index in [4.69, 9.17) is 4.74 Å². The lowest BCUT2D eigenvalue weighted by Crippen LogP contribution is -2.06. The molecule has 1 aliphatic rings. The first kappa shape index (κ1) is 15.6. The molecule has 0 saturated heterocycles. The smallest absolute Gasteiger partial charge is 0.434 e. The van der Waals surface area contributed by atoms with Crippen molar-refractivity contribution >= 4 is 6.16 Å². The molecule has 0 bridgehead atoms. The van der Waals surface area contributed by atoms with Gasteiger partial charge in [0.1, 0.15) is 0 Å². The third kappa shape index (κ3) is 5.25. The minimum atomic E-state index is -0.680. The minimum Gasteiger partial charge on any atom is -0.434 e. The Morgan fingerprint density at radius 2 is 2.10 bits per heavy atom. The molecule has 1 saturated carbocycles. The van der Waals surface area contributed by atoms with Crippen molar-refractivity contribution in [1.82, 2.24) is 0 Å². The van der Waals surface area contributed by atoms with Gasteiger partial charge in [-0.05, 0) is 42.7 Å². The zero-order chi connectivity index (χ0) is 14.9. The third-order valence-corrected chi connectivity index (χ3v) is 4.04. The Bertz CT molecular complexity index is 461. The van der Waals surface area contributed by atoms with Crippen LogP contribution in [-0.4, -0.2) is 12.8 Å². The summed E-state index contributed by atoms with van der Waals surface area (Å²) in [6, 6.07) is 8.86. The van der Waals surface area contributed by atoms with E-state index in [0.717, 1.165) is 25.0 Å². The van der Waals surface area contributed by atoms with Gasteiger partial charge < -0.3 is 9.47 Å². The largest absolute Gasteiger partial charge is 0.513 e. The lowest BCUT2D eigenvalue weighted by Gasteiger charge is -2.22. The molecule has 0 radical (unpaired) electrons. The average molecular weight is 288 g/mol. The van der Waals surface area contributed by atoms with Gasteiger partial charge in [0.2, 0.25) is 0 Å². The van der Waals surface area contributed by atoms with E-state index in [9.17, 15) is 4.79 Å². The molecule has 1 aromatic rings. The molecule has 3 heteroatoms. The number of ether oxygens (including phenoxy) is 2. The Morgan fingerprint density at radius 3 is 2.86 bits per heavy atom. The van der Waals surface area contributed by atoms with Gasteiger partial charge in [-0.25, -0.2) is 4.79 Å². The van der Waals surface area contributed by atoms with Crippen LogP contribution in [0.15, 0.2) is 37.1 Å². The quantitative estimate of drug-likeness (QED) is 0.421. The van der Waals surface area contributed by atoms with Gasteiger partial charge in [-0.15, -0.1) is 0 Å². The summed E-state index contributed by atoms with van der Waals surface area (Å²) in [5.41, 5.74) is 2.79. The second-order valence-electron chi connectivity index (χ2n) is 5.57. The molecule has 0 spiro atoms. The molecule has 2 rings (SSSR count). The lowest BCUT2D eigenvalue weighted by molar-refractivity contribution is 0.0840. The van der Waals surface area contributed by atoms with Crippen LogP contribution in [-0.2, 0) is 15.9 Å². The molecule has 0 aromatic heterocycles. The molecule has 0 amide bonds. The van der Waals surface area contributed by atoms with Gasteiger partial charge in [0.05, 0.1) is 12.9 Å². The number of benzene rings is 1. The van der Waals surface area contributed by atoms with Crippen molar-refractivity contribution in [2.24, 2.45) is 0 Å². The van der Waals surface area contributed by atoms with Crippen molar-refractivity contribution in [2.75, 3.05) is 6.61 Å². The molecule has 1 aliphatic carbocycles. The summed E-state index contributed by atoms with van der Waals surface area (Å²) in [5, 5.41) is 0. The first-order valence-corrected chi connectivity index (χ1v) is 7.83. The van der Waals surface area contributed by atoms with Crippen LogP contribution in [0.4, 0.5) is 4.79 Å². The fourth-order valence-electron chi connectivity index (χ4n) is 2.97. The zero-order valence-electron chi connectivity index (χ0n) is 12.6. The monoisotopic (exact) mass is 288 g/mol. The second-order valence-corrected chi connectivity index (χ2v) is 5.57. The third-order valence-electron chi connectivity index (χ3n) is 4.04. The predicted molar refractivity (Wildman–Crippen MR) is 83.2 cm³/mol. The van der Waals surface area contributed by atoms with Crippen LogP contribution in [0, 0.1) is 0 Å². The van der Waals surface area contributed by atoms with Gasteiger partial charge in [0.25, 0.3) is 0 Å². The van der Waals surface area contributed by atoms with Crippen LogP contribution >= 0.6 is 0 Å². The Kier molecular flexibility index (Phi) is 6.32. The summed E-state index contributed by atoms with van der Waals surface area (Å²) >= 11 is 0. The summed E-state index contributed by atoms with van der Waals surface area (Å²) in [6.07, 6.45) is 8.86. The average Bonchev–Trinajstić information content (AvgIpc) is 2.53. The highest BCUT2D eigenvalue weighted by molar-refractivity contribution is 5.60. The summed E-state index contributed by atoms with van der Waals surface area (Å²) in [6.45, 7) is 3.68. The van der Waals surface area contributed by atoms with Crippen molar-refractivity contribution in [1.29, 1.82) is 0 Å². The normalized spacial score (nSPS) is 15.4. The fraction of sp³-hybridized carbons (Fsp3) is 0.500. The van der Waals surface area contributed by atoms with Gasteiger partial charge in [0.15, 0.2) is 0 Å². The molecule has 1 aromatic carbocycles. The standard InChI is InChI=1S/C18H24O3/c1-2-20-18(19)21-13-7-9-15-8-6-12-17(14-15)16-10-4-3-5-11-16/h2,6,8,12,14,16H,1,3-5,7,9-11,13H2. The second kappa shape index (κ2) is 8.50. The van der Waals surface area contributed by atoms with E-state index < -0.39 is 6.16 Å². The molecule has 1 fully saturated rings. The van der Waals surface area contributed by atoms with E-state index in [1.165, 1.54) is 43.2 Å². The Labute approximate surface area is 127 Å². The summed E-state index contributed by atoms with van der Waals surface area (Å²) in [5.74, 6) is 0.734. The van der Waals surface area contributed by atoms with Crippen molar-refractivity contribution in [2.45, 2.75) is 50.9 Å².